The number of benzene rings is 2. The second-order valence-corrected chi connectivity index (χ2v) is 8.29. The molecule has 2 amide bonds. The van der Waals surface area contributed by atoms with Crippen LogP contribution in [-0.4, -0.2) is 35.2 Å². The first kappa shape index (κ1) is 20.8. The number of carbonyl (C=O) groups is 3. The van der Waals surface area contributed by atoms with Crippen molar-refractivity contribution in [2.75, 3.05) is 6.61 Å². The zero-order chi connectivity index (χ0) is 23.0. The fraction of sp³-hybridized carbons (Fsp3) is 0.240. The monoisotopic (exact) mass is 446 g/mol. The third-order valence-electron chi connectivity index (χ3n) is 6.17. The van der Waals surface area contributed by atoms with Crippen molar-refractivity contribution in [1.29, 1.82) is 0 Å². The van der Waals surface area contributed by atoms with Crippen molar-refractivity contribution < 1.29 is 28.6 Å². The first-order valence-corrected chi connectivity index (χ1v) is 10.7. The van der Waals surface area contributed by atoms with Crippen molar-refractivity contribution in [3.63, 3.8) is 0 Å². The van der Waals surface area contributed by atoms with Gasteiger partial charge in [-0.15, -0.1) is 0 Å². The average Bonchev–Trinajstić information content (AvgIpc) is 3.31. The molecular formula is C25H22N2O6. The van der Waals surface area contributed by atoms with E-state index in [4.69, 9.17) is 14.3 Å². The van der Waals surface area contributed by atoms with Gasteiger partial charge in [0.15, 0.2) is 0 Å². The van der Waals surface area contributed by atoms with E-state index >= 15 is 0 Å². The van der Waals surface area contributed by atoms with Crippen molar-refractivity contribution in [3.8, 4) is 11.1 Å². The Morgan fingerprint density at radius 3 is 2.18 bits per heavy atom. The molecule has 0 spiro atoms. The molecule has 0 saturated heterocycles. The van der Waals surface area contributed by atoms with E-state index < -0.39 is 17.6 Å². The Labute approximate surface area is 189 Å². The Morgan fingerprint density at radius 2 is 1.61 bits per heavy atom. The number of hydrogen-bond donors (Lipinski definition) is 3. The Morgan fingerprint density at radius 1 is 0.970 bits per heavy atom. The Hall–Kier alpha value is -4.07. The second-order valence-electron chi connectivity index (χ2n) is 8.29. The highest BCUT2D eigenvalue weighted by atomic mass is 16.5. The molecular weight excluding hydrogens is 424 g/mol. The fourth-order valence-electron chi connectivity index (χ4n) is 4.29. The summed E-state index contributed by atoms with van der Waals surface area (Å²) in [6, 6.07) is 19.0. The lowest BCUT2D eigenvalue weighted by molar-refractivity contribution is -0.124. The molecule has 5 rings (SSSR count). The van der Waals surface area contributed by atoms with Crippen LogP contribution in [-0.2, 0) is 16.1 Å². The summed E-state index contributed by atoms with van der Waals surface area (Å²) in [4.78, 5) is 36.1. The van der Waals surface area contributed by atoms with Gasteiger partial charge in [-0.3, -0.25) is 4.79 Å². The highest BCUT2D eigenvalue weighted by Gasteiger charge is 2.51. The molecule has 1 heterocycles. The quantitative estimate of drug-likeness (QED) is 0.510. The summed E-state index contributed by atoms with van der Waals surface area (Å²) >= 11 is 0. The molecule has 0 bridgehead atoms. The van der Waals surface area contributed by atoms with Gasteiger partial charge in [-0.05, 0) is 47.2 Å². The van der Waals surface area contributed by atoms with E-state index in [0.29, 0.717) is 18.6 Å². The Kier molecular flexibility index (Phi) is 5.12. The molecule has 2 aliphatic carbocycles. The number of ether oxygens (including phenoxy) is 1. The highest BCUT2D eigenvalue weighted by molar-refractivity contribution is 5.92. The third kappa shape index (κ3) is 3.95. The summed E-state index contributed by atoms with van der Waals surface area (Å²) in [5.41, 5.74) is 3.51. The van der Waals surface area contributed by atoms with Gasteiger partial charge >= 0.3 is 12.1 Å². The topological polar surface area (TPSA) is 118 Å². The lowest BCUT2D eigenvalue weighted by Crippen LogP contribution is -2.49. The minimum absolute atomic E-state index is 0.0280. The molecule has 8 heteroatoms. The molecule has 1 aromatic heterocycles. The second kappa shape index (κ2) is 8.12. The van der Waals surface area contributed by atoms with Crippen molar-refractivity contribution in [3.05, 3.63) is 83.3 Å². The van der Waals surface area contributed by atoms with Crippen molar-refractivity contribution in [2.24, 2.45) is 0 Å². The standard InChI is InChI=1S/C25H22N2O6/c28-22(29)21-10-9-15(33-21)13-26-23(30)25(11-12-25)27-24(31)32-14-20-18-7-3-1-5-16(18)17-6-2-4-8-19(17)20/h1-10,20H,11-14H2,(H,26,30)(H,27,31)(H,28,29). The predicted octanol–water partition coefficient (Wildman–Crippen LogP) is 3.67. The number of nitrogens with one attached hydrogen (secondary N) is 2. The van der Waals surface area contributed by atoms with Crippen LogP contribution in [0.5, 0.6) is 0 Å². The number of furan rings is 1. The van der Waals surface area contributed by atoms with Crippen molar-refractivity contribution in [2.45, 2.75) is 30.8 Å². The van der Waals surface area contributed by atoms with E-state index in [2.05, 4.69) is 22.8 Å². The number of carboxylic acid groups (broad SMARTS) is 1. The summed E-state index contributed by atoms with van der Waals surface area (Å²) in [5, 5.41) is 14.3. The van der Waals surface area contributed by atoms with Gasteiger partial charge in [0, 0.05) is 5.92 Å². The van der Waals surface area contributed by atoms with Crippen LogP contribution in [0.15, 0.2) is 65.1 Å². The number of carbonyl (C=O) groups excluding carboxylic acids is 2. The van der Waals surface area contributed by atoms with E-state index in [-0.39, 0.29) is 30.7 Å². The van der Waals surface area contributed by atoms with Crippen LogP contribution >= 0.6 is 0 Å². The smallest absolute Gasteiger partial charge is 0.408 e. The van der Waals surface area contributed by atoms with Gasteiger partial charge < -0.3 is 24.9 Å². The van der Waals surface area contributed by atoms with Gasteiger partial charge in [-0.2, -0.15) is 0 Å². The summed E-state index contributed by atoms with van der Waals surface area (Å²) < 4.78 is 10.7. The van der Waals surface area contributed by atoms with E-state index in [0.717, 1.165) is 22.3 Å². The van der Waals surface area contributed by atoms with E-state index in [1.165, 1.54) is 12.1 Å². The summed E-state index contributed by atoms with van der Waals surface area (Å²) in [6.45, 7) is 0.197. The first-order chi connectivity index (χ1) is 16.0. The van der Waals surface area contributed by atoms with Gasteiger partial charge in [0.1, 0.15) is 17.9 Å². The number of alkyl carbamates (subject to hydrolysis) is 1. The number of aromatic carboxylic acids is 1. The minimum Gasteiger partial charge on any atom is -0.475 e. The zero-order valence-corrected chi connectivity index (χ0v) is 17.7. The molecule has 2 aliphatic rings. The molecule has 1 fully saturated rings. The van der Waals surface area contributed by atoms with E-state index in [1.54, 1.807) is 0 Å². The Bertz CT molecular complexity index is 1200. The Balaban J connectivity index is 1.18. The van der Waals surface area contributed by atoms with Gasteiger partial charge in [-0.25, -0.2) is 9.59 Å². The van der Waals surface area contributed by atoms with E-state index in [9.17, 15) is 14.4 Å². The zero-order valence-electron chi connectivity index (χ0n) is 17.7. The largest absolute Gasteiger partial charge is 0.475 e. The lowest BCUT2D eigenvalue weighted by atomic mass is 9.98. The van der Waals surface area contributed by atoms with Crippen LogP contribution < -0.4 is 10.6 Å². The van der Waals surface area contributed by atoms with E-state index in [1.807, 2.05) is 36.4 Å². The number of hydrogen-bond acceptors (Lipinski definition) is 5. The molecule has 2 aromatic carbocycles. The normalized spacial score (nSPS) is 15.3. The van der Waals surface area contributed by atoms with Gasteiger partial charge in [0.25, 0.3) is 0 Å². The third-order valence-corrected chi connectivity index (χ3v) is 6.17. The average molecular weight is 446 g/mol. The first-order valence-electron chi connectivity index (χ1n) is 10.7. The lowest BCUT2D eigenvalue weighted by Gasteiger charge is -2.19. The summed E-state index contributed by atoms with van der Waals surface area (Å²) in [7, 11) is 0. The van der Waals surface area contributed by atoms with Gasteiger partial charge in [-0.1, -0.05) is 48.5 Å². The molecule has 168 valence electrons. The SMILES string of the molecule is O=C(NC1(C(=O)NCc2ccc(C(=O)O)o2)CC1)OCC1c2ccccc2-c2ccccc21. The van der Waals surface area contributed by atoms with Crippen LogP contribution in [0.3, 0.4) is 0 Å². The predicted molar refractivity (Wildman–Crippen MR) is 118 cm³/mol. The molecule has 3 N–H and O–H groups in total. The highest BCUT2D eigenvalue weighted by Crippen LogP contribution is 2.44. The molecule has 0 radical (unpaired) electrons. The van der Waals surface area contributed by atoms with Crippen LogP contribution in [0.1, 0.15) is 46.2 Å². The van der Waals surface area contributed by atoms with Crippen LogP contribution in [0, 0.1) is 0 Å². The maximum atomic E-state index is 12.6. The van der Waals surface area contributed by atoms with Crippen molar-refractivity contribution in [1.82, 2.24) is 10.6 Å². The summed E-state index contributed by atoms with van der Waals surface area (Å²) in [6.07, 6.45) is 0.360. The van der Waals surface area contributed by atoms with Gasteiger partial charge in [0.05, 0.1) is 6.54 Å². The van der Waals surface area contributed by atoms with Crippen LogP contribution in [0.4, 0.5) is 4.79 Å². The fourth-order valence-corrected chi connectivity index (χ4v) is 4.29. The molecule has 33 heavy (non-hydrogen) atoms. The molecule has 0 unspecified atom stereocenters. The summed E-state index contributed by atoms with van der Waals surface area (Å²) in [5.74, 6) is -1.48. The number of rotatable bonds is 7. The molecule has 1 saturated carbocycles. The maximum Gasteiger partial charge on any atom is 0.408 e. The maximum absolute atomic E-state index is 12.6. The van der Waals surface area contributed by atoms with Crippen LogP contribution in [0.25, 0.3) is 11.1 Å². The van der Waals surface area contributed by atoms with Gasteiger partial charge in [0.2, 0.25) is 11.7 Å². The van der Waals surface area contributed by atoms with Crippen molar-refractivity contribution >= 4 is 18.0 Å². The molecule has 8 nitrogen and oxygen atoms in total. The molecule has 3 aromatic rings. The number of fused-ring (bicyclic) bond motifs is 3. The minimum atomic E-state index is -1.18. The molecule has 0 aliphatic heterocycles. The molecule has 0 atom stereocenters. The van der Waals surface area contributed by atoms with Crippen LogP contribution in [0.2, 0.25) is 0 Å². The number of amides is 2. The number of carboxylic acids is 1.